The smallest absolute Gasteiger partial charge is 0.412 e. The number of hydrogen-bond acceptors (Lipinski definition) is 4. The molecule has 1 heterocycles. The highest BCUT2D eigenvalue weighted by atomic mass is 16.5. The number of benzene rings is 1. The van der Waals surface area contributed by atoms with Gasteiger partial charge in [0, 0.05) is 16.5 Å². The van der Waals surface area contributed by atoms with E-state index in [1.54, 1.807) is 0 Å². The van der Waals surface area contributed by atoms with Gasteiger partial charge in [-0.1, -0.05) is 18.2 Å². The number of rotatable bonds is 3. The summed E-state index contributed by atoms with van der Waals surface area (Å²) >= 11 is 0. The summed E-state index contributed by atoms with van der Waals surface area (Å²) in [4.78, 5) is 25.6. The van der Waals surface area contributed by atoms with Gasteiger partial charge in [-0.15, -0.1) is 0 Å². The maximum Gasteiger partial charge on any atom is 0.412 e. The molecule has 2 aromatic rings. The summed E-state index contributed by atoms with van der Waals surface area (Å²) < 4.78 is 9.10. The SMILES string of the molecule is COC(=O)NCc1c(NC(=O)OC)[nH]c2ccccc12. The fourth-order valence-corrected chi connectivity index (χ4v) is 1.88. The topological polar surface area (TPSA) is 92.5 Å². The molecule has 20 heavy (non-hydrogen) atoms. The number of carbonyl (C=O) groups excluding carboxylic acids is 2. The van der Waals surface area contributed by atoms with E-state index < -0.39 is 12.2 Å². The number of hydrogen-bond donors (Lipinski definition) is 3. The molecule has 106 valence electrons. The van der Waals surface area contributed by atoms with Crippen LogP contribution in [-0.2, 0) is 16.0 Å². The molecule has 0 unspecified atom stereocenters. The molecule has 2 amide bonds. The van der Waals surface area contributed by atoms with Crippen molar-refractivity contribution in [1.82, 2.24) is 10.3 Å². The molecule has 0 spiro atoms. The highest BCUT2D eigenvalue weighted by molar-refractivity contribution is 5.94. The lowest BCUT2D eigenvalue weighted by molar-refractivity contribution is 0.170. The van der Waals surface area contributed by atoms with Gasteiger partial charge in [0.1, 0.15) is 5.82 Å². The lowest BCUT2D eigenvalue weighted by Gasteiger charge is -2.07. The number of amides is 2. The van der Waals surface area contributed by atoms with Crippen molar-refractivity contribution in [1.29, 1.82) is 0 Å². The Kier molecular flexibility index (Phi) is 4.09. The fraction of sp³-hybridized carbons (Fsp3) is 0.231. The number of carbonyl (C=O) groups is 2. The molecule has 0 saturated heterocycles. The van der Waals surface area contributed by atoms with Crippen LogP contribution in [0.25, 0.3) is 10.9 Å². The molecule has 0 aliphatic heterocycles. The van der Waals surface area contributed by atoms with Crippen LogP contribution in [0.15, 0.2) is 24.3 Å². The first-order chi connectivity index (χ1) is 9.65. The first-order valence-corrected chi connectivity index (χ1v) is 5.92. The number of H-pyrrole nitrogens is 1. The Morgan fingerprint density at radius 3 is 2.55 bits per heavy atom. The number of anilines is 1. The summed E-state index contributed by atoms with van der Waals surface area (Å²) in [5, 5.41) is 6.07. The minimum Gasteiger partial charge on any atom is -0.453 e. The van der Waals surface area contributed by atoms with E-state index in [1.165, 1.54) is 14.2 Å². The standard InChI is InChI=1S/C13H15N3O4/c1-19-12(17)14-7-9-8-5-3-4-6-10(8)15-11(9)16-13(18)20-2/h3-6,15H,7H2,1-2H3,(H,14,17)(H,16,18). The Labute approximate surface area is 115 Å². The van der Waals surface area contributed by atoms with Crippen LogP contribution in [0.5, 0.6) is 0 Å². The molecule has 7 nitrogen and oxygen atoms in total. The Bertz CT molecular complexity index is 636. The number of aromatic amines is 1. The van der Waals surface area contributed by atoms with Crippen molar-refractivity contribution in [3.8, 4) is 0 Å². The molecular weight excluding hydrogens is 262 g/mol. The highest BCUT2D eigenvalue weighted by Crippen LogP contribution is 2.26. The van der Waals surface area contributed by atoms with E-state index in [0.29, 0.717) is 5.82 Å². The number of nitrogens with one attached hydrogen (secondary N) is 3. The molecule has 0 bridgehead atoms. The Morgan fingerprint density at radius 2 is 1.85 bits per heavy atom. The molecule has 0 atom stereocenters. The Balaban J connectivity index is 2.34. The third-order valence-corrected chi connectivity index (χ3v) is 2.82. The van der Waals surface area contributed by atoms with E-state index >= 15 is 0 Å². The molecule has 0 aliphatic rings. The van der Waals surface area contributed by atoms with Gasteiger partial charge in [-0.05, 0) is 6.07 Å². The van der Waals surface area contributed by atoms with E-state index in [9.17, 15) is 9.59 Å². The van der Waals surface area contributed by atoms with Crippen molar-refractivity contribution < 1.29 is 19.1 Å². The first-order valence-electron chi connectivity index (χ1n) is 5.92. The second kappa shape index (κ2) is 5.96. The summed E-state index contributed by atoms with van der Waals surface area (Å²) in [5.74, 6) is 0.481. The molecule has 0 aliphatic carbocycles. The summed E-state index contributed by atoms with van der Waals surface area (Å²) in [6.07, 6.45) is -1.13. The molecule has 1 aromatic carbocycles. The van der Waals surface area contributed by atoms with Gasteiger partial charge < -0.3 is 19.8 Å². The third-order valence-electron chi connectivity index (χ3n) is 2.82. The second-order valence-corrected chi connectivity index (χ2v) is 3.99. The van der Waals surface area contributed by atoms with Crippen molar-refractivity contribution in [3.05, 3.63) is 29.8 Å². The molecular formula is C13H15N3O4. The summed E-state index contributed by atoms with van der Waals surface area (Å²) in [6.45, 7) is 0.218. The van der Waals surface area contributed by atoms with Gasteiger partial charge in [-0.2, -0.15) is 0 Å². The van der Waals surface area contributed by atoms with Gasteiger partial charge in [-0.25, -0.2) is 9.59 Å². The van der Waals surface area contributed by atoms with Gasteiger partial charge in [0.2, 0.25) is 0 Å². The summed E-state index contributed by atoms with van der Waals surface area (Å²) in [5.41, 5.74) is 1.59. The monoisotopic (exact) mass is 277 g/mol. The Morgan fingerprint density at radius 1 is 1.15 bits per heavy atom. The van der Waals surface area contributed by atoms with E-state index in [-0.39, 0.29) is 6.54 Å². The zero-order valence-electron chi connectivity index (χ0n) is 11.1. The number of para-hydroxylation sites is 1. The second-order valence-electron chi connectivity index (χ2n) is 3.99. The average Bonchev–Trinajstić information content (AvgIpc) is 2.81. The maximum absolute atomic E-state index is 11.3. The van der Waals surface area contributed by atoms with Crippen LogP contribution in [-0.4, -0.2) is 31.4 Å². The van der Waals surface area contributed by atoms with Crippen LogP contribution in [0.2, 0.25) is 0 Å². The average molecular weight is 277 g/mol. The van der Waals surface area contributed by atoms with Crippen molar-refractivity contribution in [2.24, 2.45) is 0 Å². The van der Waals surface area contributed by atoms with Gasteiger partial charge in [-0.3, -0.25) is 5.32 Å². The van der Waals surface area contributed by atoms with Crippen molar-refractivity contribution in [3.63, 3.8) is 0 Å². The van der Waals surface area contributed by atoms with Gasteiger partial charge >= 0.3 is 12.2 Å². The quantitative estimate of drug-likeness (QED) is 0.802. The molecule has 0 saturated carbocycles. The Hall–Kier alpha value is -2.70. The predicted octanol–water partition coefficient (Wildman–Crippen LogP) is 2.20. The molecule has 1 aromatic heterocycles. The van der Waals surface area contributed by atoms with Crippen LogP contribution in [0.3, 0.4) is 0 Å². The fourth-order valence-electron chi connectivity index (χ4n) is 1.88. The first kappa shape index (κ1) is 13.7. The lowest BCUT2D eigenvalue weighted by Crippen LogP contribution is -2.23. The number of fused-ring (bicyclic) bond motifs is 1. The van der Waals surface area contributed by atoms with E-state index in [1.807, 2.05) is 24.3 Å². The van der Waals surface area contributed by atoms with E-state index in [2.05, 4.69) is 25.1 Å². The molecule has 3 N–H and O–H groups in total. The minimum absolute atomic E-state index is 0.218. The molecule has 0 fully saturated rings. The zero-order chi connectivity index (χ0) is 14.5. The zero-order valence-corrected chi connectivity index (χ0v) is 11.1. The van der Waals surface area contributed by atoms with Gasteiger partial charge in [0.25, 0.3) is 0 Å². The normalized spacial score (nSPS) is 10.1. The molecule has 0 radical (unpaired) electrons. The van der Waals surface area contributed by atoms with Gasteiger partial charge in [0.15, 0.2) is 0 Å². The number of ether oxygens (including phenoxy) is 2. The summed E-state index contributed by atoms with van der Waals surface area (Å²) in [6, 6.07) is 7.51. The van der Waals surface area contributed by atoms with Crippen molar-refractivity contribution in [2.75, 3.05) is 19.5 Å². The minimum atomic E-state index is -0.587. The van der Waals surface area contributed by atoms with Crippen LogP contribution < -0.4 is 10.6 Å². The number of methoxy groups -OCH3 is 2. The number of aromatic nitrogens is 1. The van der Waals surface area contributed by atoms with Crippen LogP contribution in [0.4, 0.5) is 15.4 Å². The van der Waals surface area contributed by atoms with Crippen LogP contribution in [0.1, 0.15) is 5.56 Å². The van der Waals surface area contributed by atoms with Gasteiger partial charge in [0.05, 0.1) is 20.8 Å². The van der Waals surface area contributed by atoms with Crippen LogP contribution in [0, 0.1) is 0 Å². The number of alkyl carbamates (subject to hydrolysis) is 1. The molecule has 7 heteroatoms. The highest BCUT2D eigenvalue weighted by Gasteiger charge is 2.14. The van der Waals surface area contributed by atoms with Crippen molar-refractivity contribution in [2.45, 2.75) is 6.54 Å². The lowest BCUT2D eigenvalue weighted by atomic mass is 10.1. The van der Waals surface area contributed by atoms with Crippen LogP contribution >= 0.6 is 0 Å². The van der Waals surface area contributed by atoms with Crippen molar-refractivity contribution >= 4 is 28.9 Å². The van der Waals surface area contributed by atoms with E-state index in [4.69, 9.17) is 0 Å². The largest absolute Gasteiger partial charge is 0.453 e. The third kappa shape index (κ3) is 2.82. The summed E-state index contributed by atoms with van der Waals surface area (Å²) in [7, 11) is 2.57. The predicted molar refractivity (Wildman–Crippen MR) is 73.6 cm³/mol. The maximum atomic E-state index is 11.3. The van der Waals surface area contributed by atoms with E-state index in [0.717, 1.165) is 16.5 Å². The molecule has 2 rings (SSSR count).